The Hall–Kier alpha value is -1.10. The summed E-state index contributed by atoms with van der Waals surface area (Å²) in [6.45, 7) is 6.70. The number of likely N-dealkylation sites (tertiary alicyclic amines) is 1. The molecule has 0 saturated carbocycles. The van der Waals surface area contributed by atoms with E-state index in [1.807, 2.05) is 0 Å². The molecule has 20 heavy (non-hydrogen) atoms. The van der Waals surface area contributed by atoms with E-state index in [1.165, 1.54) is 0 Å². The monoisotopic (exact) mass is 284 g/mol. The SMILES string of the molecule is CCCC(C)NC(=O)C1CCCN(CCCC(=O)O)C1. The first-order valence-corrected chi connectivity index (χ1v) is 7.77. The van der Waals surface area contributed by atoms with Crippen LogP contribution in [0.5, 0.6) is 0 Å². The smallest absolute Gasteiger partial charge is 0.303 e. The number of aliphatic carboxylic acids is 1. The van der Waals surface area contributed by atoms with Gasteiger partial charge in [0.15, 0.2) is 0 Å². The Morgan fingerprint density at radius 3 is 2.85 bits per heavy atom. The third-order valence-corrected chi connectivity index (χ3v) is 3.85. The van der Waals surface area contributed by atoms with Crippen LogP contribution in [0.2, 0.25) is 0 Å². The second-order valence-corrected chi connectivity index (χ2v) is 5.84. The van der Waals surface area contributed by atoms with Crippen molar-refractivity contribution < 1.29 is 14.7 Å². The Balaban J connectivity index is 2.32. The van der Waals surface area contributed by atoms with Crippen molar-refractivity contribution in [1.29, 1.82) is 0 Å². The van der Waals surface area contributed by atoms with E-state index in [2.05, 4.69) is 24.1 Å². The summed E-state index contributed by atoms with van der Waals surface area (Å²) in [5, 5.41) is 11.7. The fraction of sp³-hybridized carbons (Fsp3) is 0.867. The summed E-state index contributed by atoms with van der Waals surface area (Å²) in [5.74, 6) is -0.522. The van der Waals surface area contributed by atoms with E-state index in [4.69, 9.17) is 5.11 Å². The van der Waals surface area contributed by atoms with E-state index in [9.17, 15) is 9.59 Å². The van der Waals surface area contributed by atoms with Crippen LogP contribution in [0.1, 0.15) is 52.4 Å². The van der Waals surface area contributed by atoms with E-state index >= 15 is 0 Å². The van der Waals surface area contributed by atoms with E-state index in [1.54, 1.807) is 0 Å². The van der Waals surface area contributed by atoms with Gasteiger partial charge in [-0.15, -0.1) is 0 Å². The first kappa shape index (κ1) is 17.0. The van der Waals surface area contributed by atoms with Crippen LogP contribution in [-0.2, 0) is 9.59 Å². The van der Waals surface area contributed by atoms with Gasteiger partial charge in [0.2, 0.25) is 5.91 Å². The molecule has 0 bridgehead atoms. The minimum absolute atomic E-state index is 0.0629. The molecule has 2 unspecified atom stereocenters. The highest BCUT2D eigenvalue weighted by Crippen LogP contribution is 2.17. The highest BCUT2D eigenvalue weighted by Gasteiger charge is 2.26. The number of hydrogen-bond donors (Lipinski definition) is 2. The lowest BCUT2D eigenvalue weighted by Crippen LogP contribution is -2.45. The molecule has 1 rings (SSSR count). The number of rotatable bonds is 8. The molecular formula is C15H28N2O3. The number of carboxylic acids is 1. The molecule has 1 aliphatic rings. The fourth-order valence-electron chi connectivity index (χ4n) is 2.79. The van der Waals surface area contributed by atoms with E-state index < -0.39 is 5.97 Å². The molecule has 2 N–H and O–H groups in total. The van der Waals surface area contributed by atoms with Gasteiger partial charge < -0.3 is 15.3 Å². The molecule has 0 aromatic carbocycles. The number of carbonyl (C=O) groups is 2. The summed E-state index contributed by atoms with van der Waals surface area (Å²) in [5.41, 5.74) is 0. The predicted octanol–water partition coefficient (Wildman–Crippen LogP) is 1.87. The van der Waals surface area contributed by atoms with Crippen molar-refractivity contribution in [2.24, 2.45) is 5.92 Å². The van der Waals surface area contributed by atoms with Crippen LogP contribution in [-0.4, -0.2) is 47.6 Å². The van der Waals surface area contributed by atoms with Crippen LogP contribution in [0.4, 0.5) is 0 Å². The normalized spacial score (nSPS) is 21.4. The fourth-order valence-corrected chi connectivity index (χ4v) is 2.79. The van der Waals surface area contributed by atoms with Gasteiger partial charge in [-0.1, -0.05) is 13.3 Å². The number of nitrogens with one attached hydrogen (secondary N) is 1. The second kappa shape index (κ2) is 8.95. The van der Waals surface area contributed by atoms with Gasteiger partial charge in [0.1, 0.15) is 0 Å². The molecule has 2 atom stereocenters. The summed E-state index contributed by atoms with van der Waals surface area (Å²) >= 11 is 0. The van der Waals surface area contributed by atoms with Crippen LogP contribution >= 0.6 is 0 Å². The van der Waals surface area contributed by atoms with Crippen molar-refractivity contribution in [3.8, 4) is 0 Å². The Bertz CT molecular complexity index is 320. The molecule has 5 nitrogen and oxygen atoms in total. The number of amides is 1. The first-order chi connectivity index (χ1) is 9.52. The lowest BCUT2D eigenvalue weighted by molar-refractivity contribution is -0.137. The molecule has 116 valence electrons. The van der Waals surface area contributed by atoms with Gasteiger partial charge in [-0.2, -0.15) is 0 Å². The zero-order valence-electron chi connectivity index (χ0n) is 12.7. The first-order valence-electron chi connectivity index (χ1n) is 7.77. The molecule has 5 heteroatoms. The van der Waals surface area contributed by atoms with Gasteiger partial charge in [0, 0.05) is 19.0 Å². The van der Waals surface area contributed by atoms with Crippen LogP contribution in [0.15, 0.2) is 0 Å². The van der Waals surface area contributed by atoms with Crippen molar-refractivity contribution in [2.75, 3.05) is 19.6 Å². The maximum atomic E-state index is 12.2. The zero-order chi connectivity index (χ0) is 15.0. The lowest BCUT2D eigenvalue weighted by atomic mass is 9.96. The van der Waals surface area contributed by atoms with Crippen LogP contribution in [0, 0.1) is 5.92 Å². The maximum Gasteiger partial charge on any atom is 0.303 e. The quantitative estimate of drug-likeness (QED) is 0.714. The molecule has 0 spiro atoms. The Kier molecular flexibility index (Phi) is 7.59. The third kappa shape index (κ3) is 6.37. The van der Waals surface area contributed by atoms with Crippen molar-refractivity contribution in [2.45, 2.75) is 58.4 Å². The molecule has 0 aromatic heterocycles. The topological polar surface area (TPSA) is 69.6 Å². The average molecular weight is 284 g/mol. The van der Waals surface area contributed by atoms with Crippen molar-refractivity contribution in [3.63, 3.8) is 0 Å². The average Bonchev–Trinajstić information content (AvgIpc) is 2.39. The van der Waals surface area contributed by atoms with Gasteiger partial charge in [-0.05, 0) is 45.7 Å². The van der Waals surface area contributed by atoms with Gasteiger partial charge >= 0.3 is 5.97 Å². The molecule has 0 radical (unpaired) electrons. The van der Waals surface area contributed by atoms with Gasteiger partial charge in [0.25, 0.3) is 0 Å². The number of piperidine rings is 1. The highest BCUT2D eigenvalue weighted by atomic mass is 16.4. The predicted molar refractivity (Wildman–Crippen MR) is 78.5 cm³/mol. The van der Waals surface area contributed by atoms with Crippen LogP contribution in [0.25, 0.3) is 0 Å². The molecule has 1 amide bonds. The Labute approximate surface area is 121 Å². The molecule has 0 aromatic rings. The Morgan fingerprint density at radius 1 is 1.45 bits per heavy atom. The van der Waals surface area contributed by atoms with Gasteiger partial charge in [0.05, 0.1) is 5.92 Å². The van der Waals surface area contributed by atoms with E-state index in [-0.39, 0.29) is 24.3 Å². The van der Waals surface area contributed by atoms with Crippen LogP contribution in [0.3, 0.4) is 0 Å². The molecule has 1 aliphatic heterocycles. The largest absolute Gasteiger partial charge is 0.481 e. The minimum Gasteiger partial charge on any atom is -0.481 e. The molecular weight excluding hydrogens is 256 g/mol. The lowest BCUT2D eigenvalue weighted by Gasteiger charge is -2.32. The second-order valence-electron chi connectivity index (χ2n) is 5.84. The van der Waals surface area contributed by atoms with E-state index in [0.29, 0.717) is 6.42 Å². The van der Waals surface area contributed by atoms with Gasteiger partial charge in [-0.3, -0.25) is 9.59 Å². The molecule has 0 aliphatic carbocycles. The van der Waals surface area contributed by atoms with Crippen LogP contribution < -0.4 is 5.32 Å². The number of carboxylic acid groups (broad SMARTS) is 1. The standard InChI is InChI=1S/C15H28N2O3/c1-3-6-12(2)16-15(20)13-7-4-9-17(11-13)10-5-8-14(18)19/h12-13H,3-11H2,1-2H3,(H,16,20)(H,18,19). The van der Waals surface area contributed by atoms with E-state index in [0.717, 1.165) is 45.3 Å². The molecule has 1 heterocycles. The van der Waals surface area contributed by atoms with Crippen molar-refractivity contribution in [3.05, 3.63) is 0 Å². The summed E-state index contributed by atoms with van der Waals surface area (Å²) in [6.07, 6.45) is 4.93. The number of carbonyl (C=O) groups excluding carboxylic acids is 1. The number of hydrogen-bond acceptors (Lipinski definition) is 3. The number of nitrogens with zero attached hydrogens (tertiary/aromatic N) is 1. The minimum atomic E-state index is -0.746. The highest BCUT2D eigenvalue weighted by molar-refractivity contribution is 5.79. The van der Waals surface area contributed by atoms with Crippen molar-refractivity contribution >= 4 is 11.9 Å². The molecule has 1 fully saturated rings. The molecule has 1 saturated heterocycles. The van der Waals surface area contributed by atoms with Gasteiger partial charge in [-0.25, -0.2) is 0 Å². The summed E-state index contributed by atoms with van der Waals surface area (Å²) in [4.78, 5) is 24.9. The van der Waals surface area contributed by atoms with Crippen molar-refractivity contribution in [1.82, 2.24) is 10.2 Å². The summed E-state index contributed by atoms with van der Waals surface area (Å²) in [6, 6.07) is 0.245. The Morgan fingerprint density at radius 2 is 2.20 bits per heavy atom. The zero-order valence-corrected chi connectivity index (χ0v) is 12.7. The summed E-state index contributed by atoms with van der Waals surface area (Å²) < 4.78 is 0. The maximum absolute atomic E-state index is 12.2. The summed E-state index contributed by atoms with van der Waals surface area (Å²) in [7, 11) is 0. The third-order valence-electron chi connectivity index (χ3n) is 3.85.